The van der Waals surface area contributed by atoms with Gasteiger partial charge in [-0.3, -0.25) is 9.55 Å². The van der Waals surface area contributed by atoms with Crippen LogP contribution in [0.4, 0.5) is 17.6 Å². The summed E-state index contributed by atoms with van der Waals surface area (Å²) in [5, 5.41) is 3.41. The summed E-state index contributed by atoms with van der Waals surface area (Å²) in [5.41, 5.74) is 2.74. The molecule has 0 aliphatic carbocycles. The first kappa shape index (κ1) is 20.2. The second-order valence-corrected chi connectivity index (χ2v) is 8.15. The fourth-order valence-corrected chi connectivity index (χ4v) is 4.09. The van der Waals surface area contributed by atoms with Gasteiger partial charge in [-0.15, -0.1) is 0 Å². The second kappa shape index (κ2) is 8.78. The van der Waals surface area contributed by atoms with Gasteiger partial charge in [-0.1, -0.05) is 12.1 Å². The Labute approximate surface area is 187 Å². The Morgan fingerprint density at radius 3 is 2.50 bits per heavy atom. The summed E-state index contributed by atoms with van der Waals surface area (Å²) in [4.78, 5) is 27.4. The van der Waals surface area contributed by atoms with Crippen LogP contribution in [0.15, 0.2) is 55.2 Å². The average molecular weight is 430 g/mol. The Balaban J connectivity index is 1.41. The van der Waals surface area contributed by atoms with E-state index in [1.165, 1.54) is 0 Å². The highest BCUT2D eigenvalue weighted by atomic mass is 15.4. The fraction of sp³-hybridized carbons (Fsp3) is 0.348. The molecule has 0 aromatic carbocycles. The minimum atomic E-state index is 0.227. The SMILES string of the molecule is CC(C)n1c(N2CCN(c3ccccn3)CC2)nc2c(NCc3cccnc3)ncnc21. The molecule has 0 spiro atoms. The van der Waals surface area contributed by atoms with Crippen LogP contribution in [0.3, 0.4) is 0 Å². The van der Waals surface area contributed by atoms with Gasteiger partial charge in [0.25, 0.3) is 0 Å². The number of aromatic nitrogens is 6. The zero-order chi connectivity index (χ0) is 21.9. The molecule has 4 aromatic heterocycles. The molecule has 4 aromatic rings. The van der Waals surface area contributed by atoms with E-state index < -0.39 is 0 Å². The van der Waals surface area contributed by atoms with Crippen molar-refractivity contribution < 1.29 is 0 Å². The molecule has 0 saturated carbocycles. The number of pyridine rings is 2. The molecule has 9 heteroatoms. The van der Waals surface area contributed by atoms with Crippen LogP contribution in [-0.2, 0) is 6.54 Å². The number of hydrogen-bond donors (Lipinski definition) is 1. The number of imidazole rings is 1. The lowest BCUT2D eigenvalue weighted by molar-refractivity contribution is 0.572. The maximum absolute atomic E-state index is 5.02. The lowest BCUT2D eigenvalue weighted by Crippen LogP contribution is -2.47. The van der Waals surface area contributed by atoms with E-state index >= 15 is 0 Å². The summed E-state index contributed by atoms with van der Waals surface area (Å²) >= 11 is 0. The summed E-state index contributed by atoms with van der Waals surface area (Å²) < 4.78 is 2.21. The number of piperazine rings is 1. The second-order valence-electron chi connectivity index (χ2n) is 8.15. The fourth-order valence-electron chi connectivity index (χ4n) is 4.09. The smallest absolute Gasteiger partial charge is 0.208 e. The Morgan fingerprint density at radius 2 is 1.78 bits per heavy atom. The summed E-state index contributed by atoms with van der Waals surface area (Å²) in [7, 11) is 0. The van der Waals surface area contributed by atoms with Crippen LogP contribution in [0.1, 0.15) is 25.5 Å². The van der Waals surface area contributed by atoms with E-state index in [2.05, 4.69) is 59.5 Å². The summed E-state index contributed by atoms with van der Waals surface area (Å²) in [5.74, 6) is 2.71. The van der Waals surface area contributed by atoms with Crippen molar-refractivity contribution in [2.24, 2.45) is 0 Å². The van der Waals surface area contributed by atoms with Crippen molar-refractivity contribution in [3.05, 3.63) is 60.8 Å². The molecule has 164 valence electrons. The van der Waals surface area contributed by atoms with Crippen LogP contribution >= 0.6 is 0 Å². The molecule has 1 N–H and O–H groups in total. The normalized spacial score (nSPS) is 14.3. The van der Waals surface area contributed by atoms with Gasteiger partial charge in [0.2, 0.25) is 5.95 Å². The first-order valence-electron chi connectivity index (χ1n) is 11.0. The van der Waals surface area contributed by atoms with Gasteiger partial charge >= 0.3 is 0 Å². The van der Waals surface area contributed by atoms with Gasteiger partial charge in [-0.05, 0) is 37.6 Å². The molecule has 0 amide bonds. The van der Waals surface area contributed by atoms with E-state index in [0.29, 0.717) is 6.54 Å². The predicted molar refractivity (Wildman–Crippen MR) is 126 cm³/mol. The molecule has 0 atom stereocenters. The highest BCUT2D eigenvalue weighted by Gasteiger charge is 2.25. The number of nitrogens with zero attached hydrogens (tertiary/aromatic N) is 8. The molecular weight excluding hydrogens is 402 g/mol. The van der Waals surface area contributed by atoms with Gasteiger partial charge in [0, 0.05) is 57.4 Å². The standard InChI is InChI=1S/C23H27N9/c1-17(2)32-22-20(21(27-16-28-22)26-15-18-6-5-8-24-14-18)29-23(32)31-12-10-30(11-13-31)19-7-3-4-9-25-19/h3-9,14,16-17H,10-13,15H2,1-2H3,(H,26,27,28). The molecule has 1 fully saturated rings. The minimum Gasteiger partial charge on any atom is -0.364 e. The molecule has 32 heavy (non-hydrogen) atoms. The molecule has 0 bridgehead atoms. The third kappa shape index (κ3) is 3.93. The molecule has 1 saturated heterocycles. The van der Waals surface area contributed by atoms with Crippen LogP contribution < -0.4 is 15.1 Å². The topological polar surface area (TPSA) is 87.9 Å². The van der Waals surface area contributed by atoms with E-state index in [-0.39, 0.29) is 6.04 Å². The average Bonchev–Trinajstić information content (AvgIpc) is 3.25. The van der Waals surface area contributed by atoms with Crippen molar-refractivity contribution in [1.29, 1.82) is 0 Å². The third-order valence-electron chi connectivity index (χ3n) is 5.69. The highest BCUT2D eigenvalue weighted by Crippen LogP contribution is 2.29. The van der Waals surface area contributed by atoms with Crippen LogP contribution in [0.25, 0.3) is 11.2 Å². The molecule has 1 aliphatic heterocycles. The van der Waals surface area contributed by atoms with Crippen LogP contribution in [-0.4, -0.2) is 55.7 Å². The summed E-state index contributed by atoms with van der Waals surface area (Å²) in [6.07, 6.45) is 7.08. The van der Waals surface area contributed by atoms with Crippen LogP contribution in [0.5, 0.6) is 0 Å². The van der Waals surface area contributed by atoms with Crippen LogP contribution in [0.2, 0.25) is 0 Å². The molecule has 5 rings (SSSR count). The van der Waals surface area contributed by atoms with E-state index in [1.807, 2.05) is 36.7 Å². The van der Waals surface area contributed by atoms with Crippen molar-refractivity contribution in [2.75, 3.05) is 41.3 Å². The Bertz CT molecular complexity index is 1170. The molecule has 0 unspecified atom stereocenters. The van der Waals surface area contributed by atoms with Crippen molar-refractivity contribution in [1.82, 2.24) is 29.5 Å². The van der Waals surface area contributed by atoms with Gasteiger partial charge in [0.1, 0.15) is 12.1 Å². The molecule has 0 radical (unpaired) electrons. The molecular formula is C23H27N9. The van der Waals surface area contributed by atoms with E-state index in [1.54, 1.807) is 12.5 Å². The highest BCUT2D eigenvalue weighted by molar-refractivity contribution is 5.85. The van der Waals surface area contributed by atoms with E-state index in [9.17, 15) is 0 Å². The zero-order valence-corrected chi connectivity index (χ0v) is 18.4. The van der Waals surface area contributed by atoms with Crippen molar-refractivity contribution in [3.63, 3.8) is 0 Å². The monoisotopic (exact) mass is 429 g/mol. The number of hydrogen-bond acceptors (Lipinski definition) is 8. The van der Waals surface area contributed by atoms with Gasteiger partial charge in [-0.25, -0.2) is 19.9 Å². The maximum Gasteiger partial charge on any atom is 0.208 e. The van der Waals surface area contributed by atoms with Crippen LogP contribution in [0, 0.1) is 0 Å². The predicted octanol–water partition coefficient (Wildman–Crippen LogP) is 3.14. The molecule has 5 heterocycles. The quantitative estimate of drug-likeness (QED) is 0.500. The van der Waals surface area contributed by atoms with E-state index in [0.717, 1.165) is 60.5 Å². The summed E-state index contributed by atoms with van der Waals surface area (Å²) in [6, 6.07) is 10.2. The molecule has 1 aliphatic rings. The minimum absolute atomic E-state index is 0.227. The number of fused-ring (bicyclic) bond motifs is 1. The van der Waals surface area contributed by atoms with Gasteiger partial charge in [-0.2, -0.15) is 0 Å². The third-order valence-corrected chi connectivity index (χ3v) is 5.69. The number of nitrogens with one attached hydrogen (secondary N) is 1. The first-order valence-corrected chi connectivity index (χ1v) is 11.0. The number of rotatable bonds is 6. The molecule has 9 nitrogen and oxygen atoms in total. The first-order chi connectivity index (χ1) is 15.7. The number of anilines is 3. The van der Waals surface area contributed by atoms with E-state index in [4.69, 9.17) is 4.98 Å². The van der Waals surface area contributed by atoms with Gasteiger partial charge < -0.3 is 15.1 Å². The Morgan fingerprint density at radius 1 is 0.938 bits per heavy atom. The van der Waals surface area contributed by atoms with Crippen molar-refractivity contribution in [3.8, 4) is 0 Å². The van der Waals surface area contributed by atoms with Gasteiger partial charge in [0.15, 0.2) is 17.0 Å². The van der Waals surface area contributed by atoms with Crippen molar-refractivity contribution in [2.45, 2.75) is 26.4 Å². The summed E-state index contributed by atoms with van der Waals surface area (Å²) in [6.45, 7) is 8.51. The Hall–Kier alpha value is -3.75. The van der Waals surface area contributed by atoms with Gasteiger partial charge in [0.05, 0.1) is 0 Å². The maximum atomic E-state index is 5.02. The zero-order valence-electron chi connectivity index (χ0n) is 18.4. The lowest BCUT2D eigenvalue weighted by Gasteiger charge is -2.36. The Kier molecular flexibility index (Phi) is 5.53. The largest absolute Gasteiger partial charge is 0.364 e. The van der Waals surface area contributed by atoms with Crippen molar-refractivity contribution >= 4 is 28.7 Å². The lowest BCUT2D eigenvalue weighted by atomic mass is 10.3.